The Morgan fingerprint density at radius 2 is 2.00 bits per heavy atom. The number of thiazole rings is 1. The fourth-order valence-corrected chi connectivity index (χ4v) is 4.59. The van der Waals surface area contributed by atoms with Crippen LogP contribution in [-0.2, 0) is 12.0 Å². The highest BCUT2D eigenvalue weighted by atomic mass is 32.1. The first-order chi connectivity index (χ1) is 14.4. The molecule has 0 spiro atoms. The molecule has 1 fully saturated rings. The number of hydrogen-bond acceptors (Lipinski definition) is 5. The molecule has 0 saturated carbocycles. The second kappa shape index (κ2) is 8.66. The Kier molecular flexibility index (Phi) is 5.97. The summed E-state index contributed by atoms with van der Waals surface area (Å²) in [6.45, 7) is 8.36. The highest BCUT2D eigenvalue weighted by molar-refractivity contribution is 7.14. The molecule has 4 rings (SSSR count). The average molecular weight is 421 g/mol. The van der Waals surface area contributed by atoms with Crippen molar-refractivity contribution < 1.29 is 4.79 Å². The number of anilines is 1. The van der Waals surface area contributed by atoms with Crippen LogP contribution in [0.5, 0.6) is 0 Å². The maximum absolute atomic E-state index is 12.6. The first-order valence-corrected chi connectivity index (χ1v) is 11.3. The summed E-state index contributed by atoms with van der Waals surface area (Å²) < 4.78 is 0. The third kappa shape index (κ3) is 4.77. The maximum Gasteiger partial charge on any atom is 0.257 e. The van der Waals surface area contributed by atoms with Gasteiger partial charge in [0.15, 0.2) is 5.13 Å². The quantitative estimate of drug-likeness (QED) is 0.598. The van der Waals surface area contributed by atoms with E-state index in [4.69, 9.17) is 4.98 Å². The highest BCUT2D eigenvalue weighted by Crippen LogP contribution is 2.34. The zero-order valence-corrected chi connectivity index (χ0v) is 18.6. The minimum absolute atomic E-state index is 0.0711. The summed E-state index contributed by atoms with van der Waals surface area (Å²) in [4.78, 5) is 24.3. The lowest BCUT2D eigenvalue weighted by Crippen LogP contribution is -2.23. The van der Waals surface area contributed by atoms with Crippen LogP contribution in [0.3, 0.4) is 0 Å². The van der Waals surface area contributed by atoms with Crippen molar-refractivity contribution in [1.82, 2.24) is 14.9 Å². The van der Waals surface area contributed by atoms with Crippen LogP contribution in [0.2, 0.25) is 0 Å². The fourth-order valence-electron chi connectivity index (χ4n) is 3.84. The van der Waals surface area contributed by atoms with Crippen LogP contribution in [0.15, 0.2) is 54.0 Å². The number of hydrogen-bond donors (Lipinski definition) is 1. The van der Waals surface area contributed by atoms with Gasteiger partial charge in [0.25, 0.3) is 5.91 Å². The van der Waals surface area contributed by atoms with Crippen LogP contribution in [-0.4, -0.2) is 27.3 Å². The number of pyridine rings is 1. The lowest BCUT2D eigenvalue weighted by molar-refractivity contribution is 0.102. The summed E-state index contributed by atoms with van der Waals surface area (Å²) in [7, 11) is 0. The number of nitrogens with zero attached hydrogens (tertiary/aromatic N) is 3. The number of nitrogens with one attached hydrogen (secondary N) is 1. The molecule has 1 N–H and O–H groups in total. The zero-order valence-electron chi connectivity index (χ0n) is 17.8. The largest absolute Gasteiger partial charge is 0.298 e. The first-order valence-electron chi connectivity index (χ1n) is 10.4. The second-order valence-electron chi connectivity index (χ2n) is 8.81. The van der Waals surface area contributed by atoms with Crippen molar-refractivity contribution in [3.63, 3.8) is 0 Å². The lowest BCUT2D eigenvalue weighted by atomic mass is 9.87. The summed E-state index contributed by atoms with van der Waals surface area (Å²) >= 11 is 1.49. The summed E-state index contributed by atoms with van der Waals surface area (Å²) in [6.07, 6.45) is 4.07. The summed E-state index contributed by atoms with van der Waals surface area (Å²) in [5.74, 6) is -0.117. The second-order valence-corrected chi connectivity index (χ2v) is 9.67. The zero-order chi connectivity index (χ0) is 21.1. The summed E-state index contributed by atoms with van der Waals surface area (Å²) in [5, 5.41) is 5.68. The van der Waals surface area contributed by atoms with Crippen LogP contribution in [0.4, 0.5) is 5.13 Å². The third-order valence-electron chi connectivity index (χ3n) is 5.55. The Bertz CT molecular complexity index is 992. The van der Waals surface area contributed by atoms with Crippen molar-refractivity contribution in [2.75, 3.05) is 11.9 Å². The van der Waals surface area contributed by atoms with Gasteiger partial charge in [-0.1, -0.05) is 39.0 Å². The Hall–Kier alpha value is -2.57. The van der Waals surface area contributed by atoms with Crippen LogP contribution >= 0.6 is 11.3 Å². The van der Waals surface area contributed by atoms with E-state index in [1.165, 1.54) is 16.9 Å². The molecule has 3 aromatic rings. The molecule has 30 heavy (non-hydrogen) atoms. The van der Waals surface area contributed by atoms with E-state index in [-0.39, 0.29) is 17.4 Å². The number of aromatic nitrogens is 2. The van der Waals surface area contributed by atoms with Gasteiger partial charge in [-0.3, -0.25) is 20.0 Å². The fraction of sp³-hybridized carbons (Fsp3) is 0.375. The SMILES string of the molecule is CC(C)(C)c1ccc(C(=O)Nc2nc(C3CCCN3Cc3ccccn3)cs2)cc1. The first kappa shape index (κ1) is 20.7. The van der Waals surface area contributed by atoms with Gasteiger partial charge in [0, 0.05) is 23.7 Å². The monoisotopic (exact) mass is 420 g/mol. The number of likely N-dealkylation sites (tertiary alicyclic amines) is 1. The molecule has 6 heteroatoms. The van der Waals surface area contributed by atoms with Crippen LogP contribution < -0.4 is 5.32 Å². The van der Waals surface area contributed by atoms with Gasteiger partial charge in [0.1, 0.15) is 0 Å². The van der Waals surface area contributed by atoms with Gasteiger partial charge < -0.3 is 0 Å². The molecule has 2 aromatic heterocycles. The Morgan fingerprint density at radius 1 is 1.20 bits per heavy atom. The molecule has 1 unspecified atom stereocenters. The van der Waals surface area contributed by atoms with E-state index >= 15 is 0 Å². The molecular formula is C24H28N4OS. The van der Waals surface area contributed by atoms with Gasteiger partial charge in [-0.05, 0) is 54.6 Å². The number of carbonyl (C=O) groups is 1. The normalized spacial score (nSPS) is 17.2. The van der Waals surface area contributed by atoms with Gasteiger partial charge in [-0.25, -0.2) is 4.98 Å². The third-order valence-corrected chi connectivity index (χ3v) is 6.33. The molecule has 156 valence electrons. The molecule has 0 radical (unpaired) electrons. The number of carbonyl (C=O) groups excluding carboxylic acids is 1. The molecule has 1 aliphatic heterocycles. The van der Waals surface area contributed by atoms with Crippen LogP contribution in [0.1, 0.15) is 67.0 Å². The lowest BCUT2D eigenvalue weighted by Gasteiger charge is -2.22. The molecule has 1 aliphatic rings. The van der Waals surface area contributed by atoms with Gasteiger partial charge in [0.2, 0.25) is 0 Å². The molecule has 1 amide bonds. The van der Waals surface area contributed by atoms with Gasteiger partial charge in [-0.15, -0.1) is 11.3 Å². The van der Waals surface area contributed by atoms with Gasteiger partial charge in [-0.2, -0.15) is 0 Å². The predicted octanol–water partition coefficient (Wildman–Crippen LogP) is 5.43. The Labute approximate surface area is 182 Å². The standard InChI is InChI=1S/C24H28N4OS/c1-24(2,3)18-11-9-17(10-12-18)22(29)27-23-26-20(16-30-23)21-8-6-14-28(21)15-19-7-4-5-13-25-19/h4-5,7,9-13,16,21H,6,8,14-15H2,1-3H3,(H,26,27,29). The van der Waals surface area contributed by atoms with Crippen molar-refractivity contribution in [3.8, 4) is 0 Å². The van der Waals surface area contributed by atoms with E-state index in [2.05, 4.69) is 47.4 Å². The number of rotatable bonds is 5. The molecule has 3 heterocycles. The Balaban J connectivity index is 1.41. The highest BCUT2D eigenvalue weighted by Gasteiger charge is 2.28. The van der Waals surface area contributed by atoms with E-state index in [1.54, 1.807) is 0 Å². The average Bonchev–Trinajstić information content (AvgIpc) is 3.37. The van der Waals surface area contributed by atoms with Gasteiger partial charge >= 0.3 is 0 Å². The molecule has 0 aliphatic carbocycles. The van der Waals surface area contributed by atoms with Crippen molar-refractivity contribution >= 4 is 22.4 Å². The van der Waals surface area contributed by atoms with Crippen molar-refractivity contribution in [1.29, 1.82) is 0 Å². The van der Waals surface area contributed by atoms with E-state index in [9.17, 15) is 4.79 Å². The number of benzene rings is 1. The van der Waals surface area contributed by atoms with Crippen molar-refractivity contribution in [2.24, 2.45) is 0 Å². The molecule has 1 saturated heterocycles. The summed E-state index contributed by atoms with van der Waals surface area (Å²) in [5.41, 5.74) is 4.04. The van der Waals surface area contributed by atoms with Crippen molar-refractivity contribution in [3.05, 3.63) is 76.6 Å². The minimum atomic E-state index is -0.117. The maximum atomic E-state index is 12.6. The minimum Gasteiger partial charge on any atom is -0.298 e. The van der Waals surface area contributed by atoms with E-state index in [0.717, 1.165) is 37.3 Å². The van der Waals surface area contributed by atoms with E-state index < -0.39 is 0 Å². The summed E-state index contributed by atoms with van der Waals surface area (Å²) in [6, 6.07) is 14.1. The molecule has 1 atom stereocenters. The molecular weight excluding hydrogens is 392 g/mol. The van der Waals surface area contributed by atoms with Crippen molar-refractivity contribution in [2.45, 2.75) is 51.6 Å². The molecule has 5 nitrogen and oxygen atoms in total. The number of amides is 1. The predicted molar refractivity (Wildman–Crippen MR) is 122 cm³/mol. The van der Waals surface area contributed by atoms with E-state index in [1.807, 2.05) is 42.6 Å². The topological polar surface area (TPSA) is 58.1 Å². The van der Waals surface area contributed by atoms with Gasteiger partial charge in [0.05, 0.1) is 17.4 Å². The van der Waals surface area contributed by atoms with Crippen LogP contribution in [0.25, 0.3) is 0 Å². The van der Waals surface area contributed by atoms with E-state index in [0.29, 0.717) is 10.7 Å². The Morgan fingerprint density at radius 3 is 2.70 bits per heavy atom. The molecule has 0 bridgehead atoms. The molecule has 1 aromatic carbocycles. The van der Waals surface area contributed by atoms with Crippen LogP contribution in [0, 0.1) is 0 Å². The smallest absolute Gasteiger partial charge is 0.257 e.